The number of amides is 1. The molecule has 1 N–H and O–H groups in total. The van der Waals surface area contributed by atoms with Crippen LogP contribution < -0.4 is 5.32 Å². The number of likely N-dealkylation sites (N-methyl/N-ethyl adjacent to an activating group) is 1. The summed E-state index contributed by atoms with van der Waals surface area (Å²) in [5.41, 5.74) is 0.614. The van der Waals surface area contributed by atoms with Crippen LogP contribution in [0.25, 0.3) is 5.82 Å². The average Bonchev–Trinajstić information content (AvgIpc) is 3.18. The predicted molar refractivity (Wildman–Crippen MR) is 74.7 cm³/mol. The van der Waals surface area contributed by atoms with Crippen LogP contribution in [0.15, 0.2) is 37.1 Å². The largest absolute Gasteiger partial charge is 0.337 e. The molecule has 0 aromatic carbocycles. The molecule has 104 valence electrons. The zero-order valence-corrected chi connectivity index (χ0v) is 11.4. The molecule has 0 spiro atoms. The van der Waals surface area contributed by atoms with Gasteiger partial charge in [-0.15, -0.1) is 0 Å². The highest BCUT2D eigenvalue weighted by molar-refractivity contribution is 5.94. The molecule has 3 rings (SSSR count). The van der Waals surface area contributed by atoms with E-state index >= 15 is 0 Å². The van der Waals surface area contributed by atoms with Crippen LogP contribution in [0.2, 0.25) is 0 Å². The Hall–Kier alpha value is -2.21. The van der Waals surface area contributed by atoms with Crippen molar-refractivity contribution in [3.8, 4) is 5.82 Å². The van der Waals surface area contributed by atoms with Gasteiger partial charge < -0.3 is 10.2 Å². The van der Waals surface area contributed by atoms with Crippen molar-refractivity contribution in [3.05, 3.63) is 42.6 Å². The number of nitrogens with one attached hydrogen (secondary N) is 1. The quantitative estimate of drug-likeness (QED) is 0.892. The molecule has 2 aromatic rings. The normalized spacial score (nSPS) is 18.1. The highest BCUT2D eigenvalue weighted by Crippen LogP contribution is 2.12. The van der Waals surface area contributed by atoms with E-state index in [2.05, 4.69) is 15.3 Å². The van der Waals surface area contributed by atoms with Gasteiger partial charge in [-0.1, -0.05) is 0 Å². The lowest BCUT2D eigenvalue weighted by Gasteiger charge is -2.23. The zero-order valence-electron chi connectivity index (χ0n) is 11.4. The van der Waals surface area contributed by atoms with Crippen LogP contribution in [0, 0.1) is 0 Å². The van der Waals surface area contributed by atoms with E-state index in [1.807, 2.05) is 25.4 Å². The highest BCUT2D eigenvalue weighted by Gasteiger charge is 2.24. The van der Waals surface area contributed by atoms with Crippen molar-refractivity contribution < 1.29 is 4.79 Å². The molecule has 2 aromatic heterocycles. The van der Waals surface area contributed by atoms with Crippen molar-refractivity contribution in [2.75, 3.05) is 20.1 Å². The smallest absolute Gasteiger partial charge is 0.255 e. The first-order valence-electron chi connectivity index (χ1n) is 6.68. The van der Waals surface area contributed by atoms with Gasteiger partial charge in [0.15, 0.2) is 0 Å². The molecule has 0 aliphatic carbocycles. The van der Waals surface area contributed by atoms with Gasteiger partial charge in [-0.05, 0) is 25.1 Å². The molecule has 1 fully saturated rings. The summed E-state index contributed by atoms with van der Waals surface area (Å²) in [6.07, 6.45) is 7.82. The molecule has 0 radical (unpaired) electrons. The number of hydrogen-bond acceptors (Lipinski definition) is 4. The fraction of sp³-hybridized carbons (Fsp3) is 0.357. The fourth-order valence-electron chi connectivity index (χ4n) is 2.40. The first kappa shape index (κ1) is 12.8. The second-order valence-corrected chi connectivity index (χ2v) is 4.94. The first-order chi connectivity index (χ1) is 9.75. The number of hydrogen-bond donors (Lipinski definition) is 1. The fourth-order valence-corrected chi connectivity index (χ4v) is 2.40. The summed E-state index contributed by atoms with van der Waals surface area (Å²) in [5, 5.41) is 3.27. The van der Waals surface area contributed by atoms with Crippen molar-refractivity contribution in [2.24, 2.45) is 0 Å². The summed E-state index contributed by atoms with van der Waals surface area (Å²) >= 11 is 0. The van der Waals surface area contributed by atoms with Gasteiger partial charge in [-0.2, -0.15) is 0 Å². The highest BCUT2D eigenvalue weighted by atomic mass is 16.2. The minimum absolute atomic E-state index is 0.0170. The van der Waals surface area contributed by atoms with Gasteiger partial charge >= 0.3 is 0 Å². The Morgan fingerprint density at radius 3 is 3.00 bits per heavy atom. The van der Waals surface area contributed by atoms with E-state index in [-0.39, 0.29) is 11.9 Å². The third kappa shape index (κ3) is 2.42. The molecule has 1 aliphatic heterocycles. The number of aromatic nitrogens is 3. The molecule has 6 heteroatoms. The summed E-state index contributed by atoms with van der Waals surface area (Å²) in [4.78, 5) is 22.5. The Labute approximate surface area is 117 Å². The van der Waals surface area contributed by atoms with Crippen molar-refractivity contribution in [3.63, 3.8) is 0 Å². The van der Waals surface area contributed by atoms with E-state index in [0.29, 0.717) is 5.56 Å². The molecule has 0 saturated carbocycles. The molecule has 6 nitrogen and oxygen atoms in total. The van der Waals surface area contributed by atoms with Gasteiger partial charge in [0.2, 0.25) is 0 Å². The monoisotopic (exact) mass is 271 g/mol. The van der Waals surface area contributed by atoms with Crippen LogP contribution in [0.3, 0.4) is 0 Å². The van der Waals surface area contributed by atoms with Crippen molar-refractivity contribution >= 4 is 5.91 Å². The van der Waals surface area contributed by atoms with E-state index < -0.39 is 0 Å². The Balaban J connectivity index is 1.75. The molecule has 3 heterocycles. The maximum absolute atomic E-state index is 12.4. The Bertz CT molecular complexity index is 572. The second-order valence-electron chi connectivity index (χ2n) is 4.94. The van der Waals surface area contributed by atoms with E-state index in [0.717, 1.165) is 25.3 Å². The van der Waals surface area contributed by atoms with Crippen LogP contribution in [0.1, 0.15) is 16.8 Å². The maximum Gasteiger partial charge on any atom is 0.255 e. The maximum atomic E-state index is 12.4. The molecule has 1 amide bonds. The van der Waals surface area contributed by atoms with Gasteiger partial charge in [0.05, 0.1) is 5.56 Å². The number of carbonyl (C=O) groups excluding carboxylic acids is 1. The van der Waals surface area contributed by atoms with E-state index in [1.54, 1.807) is 28.2 Å². The number of nitrogens with zero attached hydrogens (tertiary/aromatic N) is 4. The van der Waals surface area contributed by atoms with Crippen LogP contribution in [-0.4, -0.2) is 51.5 Å². The predicted octanol–water partition coefficient (Wildman–Crippen LogP) is 0.701. The number of carbonyl (C=O) groups is 1. The average molecular weight is 271 g/mol. The SMILES string of the molecule is CN(C(=O)c1ccc(-n2ccnc2)nc1)C1CCNC1. The summed E-state index contributed by atoms with van der Waals surface area (Å²) < 4.78 is 1.80. The summed E-state index contributed by atoms with van der Waals surface area (Å²) in [7, 11) is 1.85. The van der Waals surface area contributed by atoms with Crippen molar-refractivity contribution in [1.29, 1.82) is 0 Å². The molecular weight excluding hydrogens is 254 g/mol. The topological polar surface area (TPSA) is 63.1 Å². The van der Waals surface area contributed by atoms with Gasteiger partial charge in [0.25, 0.3) is 5.91 Å². The lowest BCUT2D eigenvalue weighted by atomic mass is 10.2. The number of rotatable bonds is 3. The minimum atomic E-state index is 0.0170. The third-order valence-electron chi connectivity index (χ3n) is 3.67. The molecule has 1 unspecified atom stereocenters. The molecule has 1 atom stereocenters. The van der Waals surface area contributed by atoms with Gasteiger partial charge in [0, 0.05) is 38.2 Å². The lowest BCUT2D eigenvalue weighted by molar-refractivity contribution is 0.0743. The Kier molecular flexibility index (Phi) is 3.47. The van der Waals surface area contributed by atoms with Gasteiger partial charge in [0.1, 0.15) is 12.1 Å². The molecule has 0 bridgehead atoms. The van der Waals surface area contributed by atoms with Crippen molar-refractivity contribution in [1.82, 2.24) is 24.8 Å². The van der Waals surface area contributed by atoms with E-state index in [1.165, 1.54) is 0 Å². The summed E-state index contributed by atoms with van der Waals surface area (Å²) in [5.74, 6) is 0.771. The minimum Gasteiger partial charge on any atom is -0.337 e. The standard InChI is InChI=1S/C14H17N5O/c1-18(12-4-5-15-9-12)14(20)11-2-3-13(17-8-11)19-7-6-16-10-19/h2-3,6-8,10,12,15H,4-5,9H2,1H3. The molecule has 1 saturated heterocycles. The summed E-state index contributed by atoms with van der Waals surface area (Å²) in [6.45, 7) is 1.84. The Morgan fingerprint density at radius 1 is 1.50 bits per heavy atom. The van der Waals surface area contributed by atoms with Crippen molar-refractivity contribution in [2.45, 2.75) is 12.5 Å². The molecule has 20 heavy (non-hydrogen) atoms. The van der Waals surface area contributed by atoms with Crippen LogP contribution in [-0.2, 0) is 0 Å². The molecule has 1 aliphatic rings. The number of imidazole rings is 1. The zero-order chi connectivity index (χ0) is 13.9. The number of pyridine rings is 1. The van der Waals surface area contributed by atoms with E-state index in [4.69, 9.17) is 0 Å². The van der Waals surface area contributed by atoms with Gasteiger partial charge in [-0.3, -0.25) is 9.36 Å². The lowest BCUT2D eigenvalue weighted by Crippen LogP contribution is -2.38. The second kappa shape index (κ2) is 5.42. The first-order valence-corrected chi connectivity index (χ1v) is 6.68. The van der Waals surface area contributed by atoms with Crippen LogP contribution in [0.4, 0.5) is 0 Å². The molecular formula is C14H17N5O. The van der Waals surface area contributed by atoms with Gasteiger partial charge in [-0.25, -0.2) is 9.97 Å². The van der Waals surface area contributed by atoms with Crippen LogP contribution >= 0.6 is 0 Å². The van der Waals surface area contributed by atoms with Crippen LogP contribution in [0.5, 0.6) is 0 Å². The summed E-state index contributed by atoms with van der Waals surface area (Å²) in [6, 6.07) is 3.91. The third-order valence-corrected chi connectivity index (χ3v) is 3.67. The Morgan fingerprint density at radius 2 is 2.40 bits per heavy atom. The van der Waals surface area contributed by atoms with E-state index in [9.17, 15) is 4.79 Å².